The van der Waals surface area contributed by atoms with Gasteiger partial charge in [0.25, 0.3) is 5.91 Å². The van der Waals surface area contributed by atoms with E-state index in [4.69, 9.17) is 11.2 Å². The third-order valence-corrected chi connectivity index (χ3v) is 5.46. The third-order valence-electron chi connectivity index (χ3n) is 2.65. The lowest BCUT2D eigenvalue weighted by molar-refractivity contribution is -0.123. The van der Waals surface area contributed by atoms with Crippen LogP contribution in [-0.4, -0.2) is 51.8 Å². The number of benzene rings is 1. The second-order valence-electron chi connectivity index (χ2n) is 4.49. The lowest BCUT2D eigenvalue weighted by atomic mass is 10.2. The van der Waals surface area contributed by atoms with Crippen LogP contribution in [0.4, 0.5) is 0 Å². The number of carbonyl (C=O) groups is 2. The second kappa shape index (κ2) is 8.10. The molecule has 1 N–H and O–H groups in total. The standard InChI is InChI=1S/C14H15BrN2O5S/c1-4-7-16-13(18)9-22-14(19)10-5-6-11(15)12(8-10)23(20,21)17(2)3/h1,5-6,8H,7,9H2,2-3H3,(H,16,18). The first kappa shape index (κ1) is 19.2. The highest BCUT2D eigenvalue weighted by molar-refractivity contribution is 9.10. The number of sulfonamides is 1. The Labute approximate surface area is 143 Å². The summed E-state index contributed by atoms with van der Waals surface area (Å²) in [5, 5.41) is 2.34. The molecule has 1 rings (SSSR count). The zero-order valence-corrected chi connectivity index (χ0v) is 14.9. The minimum atomic E-state index is -3.73. The van der Waals surface area contributed by atoms with Gasteiger partial charge in [0.2, 0.25) is 10.0 Å². The average molecular weight is 403 g/mol. The van der Waals surface area contributed by atoms with Crippen LogP contribution < -0.4 is 5.32 Å². The molecule has 0 saturated heterocycles. The molecule has 0 spiro atoms. The molecule has 1 aromatic carbocycles. The van der Waals surface area contributed by atoms with Crippen molar-refractivity contribution >= 4 is 37.8 Å². The normalized spacial score (nSPS) is 10.9. The van der Waals surface area contributed by atoms with Crippen LogP contribution in [0, 0.1) is 12.3 Å². The summed E-state index contributed by atoms with van der Waals surface area (Å²) in [5.74, 6) is 0.847. The molecule has 0 bridgehead atoms. The molecule has 0 saturated carbocycles. The molecule has 0 aromatic heterocycles. The van der Waals surface area contributed by atoms with Crippen molar-refractivity contribution in [2.75, 3.05) is 27.2 Å². The van der Waals surface area contributed by atoms with Crippen molar-refractivity contribution in [3.8, 4) is 12.3 Å². The molecule has 23 heavy (non-hydrogen) atoms. The highest BCUT2D eigenvalue weighted by Gasteiger charge is 2.22. The maximum absolute atomic E-state index is 12.2. The molecule has 0 aliphatic rings. The van der Waals surface area contributed by atoms with Crippen molar-refractivity contribution in [2.45, 2.75) is 4.90 Å². The number of nitrogens with one attached hydrogen (secondary N) is 1. The minimum absolute atomic E-state index is 0.0124. The highest BCUT2D eigenvalue weighted by Crippen LogP contribution is 2.25. The number of terminal acetylenes is 1. The second-order valence-corrected chi connectivity index (χ2v) is 7.46. The summed E-state index contributed by atoms with van der Waals surface area (Å²) in [4.78, 5) is 23.2. The quantitative estimate of drug-likeness (QED) is 0.555. The van der Waals surface area contributed by atoms with Crippen LogP contribution >= 0.6 is 15.9 Å². The molecule has 1 aromatic rings. The first-order chi connectivity index (χ1) is 10.7. The van der Waals surface area contributed by atoms with Crippen LogP contribution in [0.25, 0.3) is 0 Å². The fraction of sp³-hybridized carbons (Fsp3) is 0.286. The monoisotopic (exact) mass is 402 g/mol. The van der Waals surface area contributed by atoms with E-state index in [1.807, 2.05) is 0 Å². The van der Waals surface area contributed by atoms with Crippen LogP contribution in [0.2, 0.25) is 0 Å². The van der Waals surface area contributed by atoms with Gasteiger partial charge in [0, 0.05) is 18.6 Å². The summed E-state index contributed by atoms with van der Waals surface area (Å²) in [7, 11) is -0.974. The van der Waals surface area contributed by atoms with Gasteiger partial charge in [-0.2, -0.15) is 0 Å². The fourth-order valence-corrected chi connectivity index (χ4v) is 3.28. The Balaban J connectivity index is 2.92. The molecule has 7 nitrogen and oxygen atoms in total. The van der Waals surface area contributed by atoms with Crippen LogP contribution in [0.15, 0.2) is 27.6 Å². The minimum Gasteiger partial charge on any atom is -0.452 e. The Bertz CT molecular complexity index is 753. The number of amides is 1. The number of rotatable bonds is 6. The lowest BCUT2D eigenvalue weighted by Gasteiger charge is -2.13. The molecule has 0 aliphatic heterocycles. The number of nitrogens with zero attached hydrogens (tertiary/aromatic N) is 1. The molecule has 9 heteroatoms. The number of hydrogen-bond acceptors (Lipinski definition) is 5. The molecule has 0 fully saturated rings. The van der Waals surface area contributed by atoms with Crippen molar-refractivity contribution in [1.82, 2.24) is 9.62 Å². The maximum Gasteiger partial charge on any atom is 0.338 e. The molecule has 0 atom stereocenters. The van der Waals surface area contributed by atoms with Gasteiger partial charge in [-0.15, -0.1) is 6.42 Å². The Kier molecular flexibility index (Phi) is 6.75. The fourth-order valence-electron chi connectivity index (χ4n) is 1.44. The predicted octanol–water partition coefficient (Wildman–Crippen LogP) is 0.606. The SMILES string of the molecule is C#CCNC(=O)COC(=O)c1ccc(Br)c(S(=O)(=O)N(C)C)c1. The molecular formula is C14H15BrN2O5S. The molecule has 124 valence electrons. The van der Waals surface area contributed by atoms with Gasteiger partial charge in [-0.3, -0.25) is 4.79 Å². The van der Waals surface area contributed by atoms with Crippen molar-refractivity contribution < 1.29 is 22.7 Å². The van der Waals surface area contributed by atoms with Crippen LogP contribution in [0.5, 0.6) is 0 Å². The van der Waals surface area contributed by atoms with Crippen LogP contribution in [0.1, 0.15) is 10.4 Å². The number of hydrogen-bond donors (Lipinski definition) is 1. The summed E-state index contributed by atoms with van der Waals surface area (Å²) in [6.45, 7) is -0.480. The molecular weight excluding hydrogens is 388 g/mol. The third kappa shape index (κ3) is 5.06. The zero-order chi connectivity index (χ0) is 17.6. The molecule has 1 amide bonds. The van der Waals surface area contributed by atoms with Gasteiger partial charge in [0.05, 0.1) is 17.0 Å². The smallest absolute Gasteiger partial charge is 0.338 e. The Morgan fingerprint density at radius 1 is 1.39 bits per heavy atom. The first-order valence-corrected chi connectivity index (χ1v) is 8.52. The summed E-state index contributed by atoms with van der Waals surface area (Å²) in [5.41, 5.74) is 0.0124. The number of ether oxygens (including phenoxy) is 1. The van der Waals surface area contributed by atoms with E-state index in [0.717, 1.165) is 4.31 Å². The molecule has 0 unspecified atom stereocenters. The van der Waals surface area contributed by atoms with Gasteiger partial charge in [0.15, 0.2) is 6.61 Å². The lowest BCUT2D eigenvalue weighted by Crippen LogP contribution is -2.29. The van der Waals surface area contributed by atoms with Crippen molar-refractivity contribution in [3.05, 3.63) is 28.2 Å². The van der Waals surface area contributed by atoms with Gasteiger partial charge in [-0.1, -0.05) is 5.92 Å². The van der Waals surface area contributed by atoms with E-state index in [0.29, 0.717) is 4.47 Å². The number of halogens is 1. The van der Waals surface area contributed by atoms with Crippen LogP contribution in [0.3, 0.4) is 0 Å². The van der Waals surface area contributed by atoms with E-state index < -0.39 is 28.5 Å². The van der Waals surface area contributed by atoms with Crippen molar-refractivity contribution in [1.29, 1.82) is 0 Å². The molecule has 0 heterocycles. The highest BCUT2D eigenvalue weighted by atomic mass is 79.9. The van der Waals surface area contributed by atoms with Gasteiger partial charge in [-0.25, -0.2) is 17.5 Å². The molecule has 0 radical (unpaired) electrons. The van der Waals surface area contributed by atoms with Crippen LogP contribution in [-0.2, 0) is 19.6 Å². The van der Waals surface area contributed by atoms with E-state index in [2.05, 4.69) is 27.2 Å². The zero-order valence-electron chi connectivity index (χ0n) is 12.5. The summed E-state index contributed by atoms with van der Waals surface area (Å²) in [6.07, 6.45) is 4.98. The Hall–Kier alpha value is -1.89. The maximum atomic E-state index is 12.2. The number of esters is 1. The first-order valence-electron chi connectivity index (χ1n) is 6.29. The Morgan fingerprint density at radius 3 is 2.61 bits per heavy atom. The largest absolute Gasteiger partial charge is 0.452 e. The summed E-state index contributed by atoms with van der Waals surface area (Å²) in [6, 6.07) is 3.99. The van der Waals surface area contributed by atoms with E-state index in [1.54, 1.807) is 0 Å². The van der Waals surface area contributed by atoms with E-state index in [9.17, 15) is 18.0 Å². The van der Waals surface area contributed by atoms with Gasteiger partial charge < -0.3 is 10.1 Å². The van der Waals surface area contributed by atoms with Gasteiger partial charge >= 0.3 is 5.97 Å². The molecule has 0 aliphatic carbocycles. The Morgan fingerprint density at radius 2 is 2.04 bits per heavy atom. The predicted molar refractivity (Wildman–Crippen MR) is 87.1 cm³/mol. The number of carbonyl (C=O) groups excluding carboxylic acids is 2. The van der Waals surface area contributed by atoms with Gasteiger partial charge in [0.1, 0.15) is 0 Å². The average Bonchev–Trinajstić information content (AvgIpc) is 2.50. The van der Waals surface area contributed by atoms with E-state index >= 15 is 0 Å². The summed E-state index contributed by atoms with van der Waals surface area (Å²) >= 11 is 3.13. The topological polar surface area (TPSA) is 92.8 Å². The van der Waals surface area contributed by atoms with E-state index in [-0.39, 0.29) is 17.0 Å². The van der Waals surface area contributed by atoms with E-state index in [1.165, 1.54) is 32.3 Å². The summed E-state index contributed by atoms with van der Waals surface area (Å²) < 4.78 is 30.5. The van der Waals surface area contributed by atoms with Crippen molar-refractivity contribution in [2.24, 2.45) is 0 Å². The van der Waals surface area contributed by atoms with Gasteiger partial charge in [-0.05, 0) is 34.1 Å². The van der Waals surface area contributed by atoms with Crippen molar-refractivity contribution in [3.63, 3.8) is 0 Å².